The second-order valence-electron chi connectivity index (χ2n) is 4.30. The highest BCUT2D eigenvalue weighted by atomic mass is 16.5. The SMILES string of the molecule is COc1ccccc1C(C)NC(=O)c1ccccc1. The first-order chi connectivity index (χ1) is 9.22. The summed E-state index contributed by atoms with van der Waals surface area (Å²) in [5.41, 5.74) is 1.62. The van der Waals surface area contributed by atoms with Gasteiger partial charge in [-0.3, -0.25) is 4.79 Å². The molecule has 98 valence electrons. The monoisotopic (exact) mass is 255 g/mol. The number of nitrogens with one attached hydrogen (secondary N) is 1. The molecular weight excluding hydrogens is 238 g/mol. The maximum Gasteiger partial charge on any atom is 0.251 e. The van der Waals surface area contributed by atoms with Gasteiger partial charge in [-0.15, -0.1) is 0 Å². The summed E-state index contributed by atoms with van der Waals surface area (Å²) < 4.78 is 5.30. The van der Waals surface area contributed by atoms with Crippen LogP contribution in [-0.2, 0) is 0 Å². The van der Waals surface area contributed by atoms with Crippen LogP contribution in [0.2, 0.25) is 0 Å². The van der Waals surface area contributed by atoms with E-state index in [2.05, 4.69) is 5.32 Å². The predicted octanol–water partition coefficient (Wildman–Crippen LogP) is 3.19. The molecule has 1 unspecified atom stereocenters. The van der Waals surface area contributed by atoms with E-state index in [1.807, 2.05) is 49.4 Å². The van der Waals surface area contributed by atoms with Gasteiger partial charge in [0.15, 0.2) is 0 Å². The standard InChI is InChI=1S/C16H17NO2/c1-12(14-10-6-7-11-15(14)19-2)17-16(18)13-8-4-3-5-9-13/h3-12H,1-2H3,(H,17,18). The van der Waals surface area contributed by atoms with E-state index in [4.69, 9.17) is 4.74 Å². The Balaban J connectivity index is 2.13. The van der Waals surface area contributed by atoms with Gasteiger partial charge >= 0.3 is 0 Å². The van der Waals surface area contributed by atoms with Crippen molar-refractivity contribution in [1.29, 1.82) is 0 Å². The lowest BCUT2D eigenvalue weighted by atomic mass is 10.1. The molecule has 0 bridgehead atoms. The summed E-state index contributed by atoms with van der Waals surface area (Å²) in [6.07, 6.45) is 0. The highest BCUT2D eigenvalue weighted by Gasteiger charge is 2.14. The fraction of sp³-hybridized carbons (Fsp3) is 0.188. The topological polar surface area (TPSA) is 38.3 Å². The minimum Gasteiger partial charge on any atom is -0.496 e. The van der Waals surface area contributed by atoms with Crippen LogP contribution in [0.3, 0.4) is 0 Å². The van der Waals surface area contributed by atoms with Crippen molar-refractivity contribution in [2.24, 2.45) is 0 Å². The molecule has 0 aromatic heterocycles. The lowest BCUT2D eigenvalue weighted by Gasteiger charge is -2.17. The van der Waals surface area contributed by atoms with Crippen molar-refractivity contribution in [2.75, 3.05) is 7.11 Å². The fourth-order valence-corrected chi connectivity index (χ4v) is 1.97. The number of carbonyl (C=O) groups is 1. The zero-order valence-electron chi connectivity index (χ0n) is 11.1. The third-order valence-electron chi connectivity index (χ3n) is 2.99. The first-order valence-corrected chi connectivity index (χ1v) is 6.21. The molecule has 0 aliphatic carbocycles. The van der Waals surface area contributed by atoms with Gasteiger partial charge in [0.2, 0.25) is 0 Å². The molecule has 1 atom stereocenters. The van der Waals surface area contributed by atoms with Gasteiger partial charge < -0.3 is 10.1 Å². The summed E-state index contributed by atoms with van der Waals surface area (Å²) in [7, 11) is 1.63. The van der Waals surface area contributed by atoms with Gasteiger partial charge in [-0.1, -0.05) is 36.4 Å². The molecule has 0 saturated heterocycles. The average molecular weight is 255 g/mol. The number of hydrogen-bond acceptors (Lipinski definition) is 2. The van der Waals surface area contributed by atoms with E-state index in [-0.39, 0.29) is 11.9 Å². The molecule has 2 aromatic rings. The fourth-order valence-electron chi connectivity index (χ4n) is 1.97. The summed E-state index contributed by atoms with van der Waals surface area (Å²) in [4.78, 5) is 12.1. The highest BCUT2D eigenvalue weighted by Crippen LogP contribution is 2.24. The first-order valence-electron chi connectivity index (χ1n) is 6.21. The number of hydrogen-bond donors (Lipinski definition) is 1. The lowest BCUT2D eigenvalue weighted by Crippen LogP contribution is -2.26. The van der Waals surface area contributed by atoms with Crippen molar-refractivity contribution in [3.63, 3.8) is 0 Å². The molecule has 0 spiro atoms. The summed E-state index contributed by atoms with van der Waals surface area (Å²) >= 11 is 0. The Morgan fingerprint density at radius 2 is 1.68 bits per heavy atom. The molecule has 0 saturated carbocycles. The number of benzene rings is 2. The maximum atomic E-state index is 12.1. The summed E-state index contributed by atoms with van der Waals surface area (Å²) in [6.45, 7) is 1.94. The quantitative estimate of drug-likeness (QED) is 0.911. The van der Waals surface area contributed by atoms with Gasteiger partial charge in [0, 0.05) is 11.1 Å². The van der Waals surface area contributed by atoms with Gasteiger partial charge in [-0.2, -0.15) is 0 Å². The number of rotatable bonds is 4. The van der Waals surface area contributed by atoms with E-state index in [0.717, 1.165) is 11.3 Å². The molecule has 3 nitrogen and oxygen atoms in total. The Morgan fingerprint density at radius 3 is 2.37 bits per heavy atom. The summed E-state index contributed by atoms with van der Waals surface area (Å²) in [5.74, 6) is 0.697. The number of amides is 1. The van der Waals surface area contributed by atoms with Gasteiger partial charge in [0.25, 0.3) is 5.91 Å². The van der Waals surface area contributed by atoms with E-state index < -0.39 is 0 Å². The van der Waals surface area contributed by atoms with Crippen molar-refractivity contribution in [2.45, 2.75) is 13.0 Å². The van der Waals surface area contributed by atoms with E-state index in [9.17, 15) is 4.79 Å². The van der Waals surface area contributed by atoms with Crippen molar-refractivity contribution in [3.05, 3.63) is 65.7 Å². The second kappa shape index (κ2) is 6.05. The van der Waals surface area contributed by atoms with Crippen molar-refractivity contribution >= 4 is 5.91 Å². The number of ether oxygens (including phenoxy) is 1. The van der Waals surface area contributed by atoms with Crippen LogP contribution in [0.4, 0.5) is 0 Å². The molecule has 2 aromatic carbocycles. The molecule has 0 fully saturated rings. The average Bonchev–Trinajstić information content (AvgIpc) is 2.48. The molecule has 0 aliphatic heterocycles. The van der Waals surface area contributed by atoms with Crippen LogP contribution in [0.5, 0.6) is 5.75 Å². The third-order valence-corrected chi connectivity index (χ3v) is 2.99. The van der Waals surface area contributed by atoms with Crippen molar-refractivity contribution in [1.82, 2.24) is 5.32 Å². The first kappa shape index (κ1) is 13.1. The number of para-hydroxylation sites is 1. The zero-order chi connectivity index (χ0) is 13.7. The molecule has 19 heavy (non-hydrogen) atoms. The molecule has 1 N–H and O–H groups in total. The van der Waals surface area contributed by atoms with E-state index in [1.54, 1.807) is 19.2 Å². The highest BCUT2D eigenvalue weighted by molar-refractivity contribution is 5.94. The normalized spacial score (nSPS) is 11.7. The van der Waals surface area contributed by atoms with E-state index in [0.29, 0.717) is 5.56 Å². The van der Waals surface area contributed by atoms with Gasteiger partial charge in [-0.25, -0.2) is 0 Å². The van der Waals surface area contributed by atoms with Gasteiger partial charge in [-0.05, 0) is 25.1 Å². The van der Waals surface area contributed by atoms with E-state index in [1.165, 1.54) is 0 Å². The van der Waals surface area contributed by atoms with Crippen LogP contribution in [-0.4, -0.2) is 13.0 Å². The smallest absolute Gasteiger partial charge is 0.251 e. The number of carbonyl (C=O) groups excluding carboxylic acids is 1. The Morgan fingerprint density at radius 1 is 1.05 bits per heavy atom. The Bertz CT molecular complexity index is 552. The zero-order valence-corrected chi connectivity index (χ0v) is 11.1. The Kier molecular flexibility index (Phi) is 4.18. The number of methoxy groups -OCH3 is 1. The molecule has 0 radical (unpaired) electrons. The van der Waals surface area contributed by atoms with Gasteiger partial charge in [0.1, 0.15) is 5.75 Å². The van der Waals surface area contributed by atoms with E-state index >= 15 is 0 Å². The maximum absolute atomic E-state index is 12.1. The van der Waals surface area contributed by atoms with Crippen LogP contribution in [0.15, 0.2) is 54.6 Å². The molecule has 0 aliphatic rings. The molecule has 0 heterocycles. The van der Waals surface area contributed by atoms with Crippen LogP contribution in [0, 0.1) is 0 Å². The molecule has 3 heteroatoms. The van der Waals surface area contributed by atoms with Crippen molar-refractivity contribution < 1.29 is 9.53 Å². The van der Waals surface area contributed by atoms with Crippen LogP contribution < -0.4 is 10.1 Å². The van der Waals surface area contributed by atoms with Crippen LogP contribution in [0.25, 0.3) is 0 Å². The Hall–Kier alpha value is -2.29. The Labute approximate surface area is 113 Å². The summed E-state index contributed by atoms with van der Waals surface area (Å²) in [6, 6.07) is 16.8. The van der Waals surface area contributed by atoms with Gasteiger partial charge in [0.05, 0.1) is 13.2 Å². The van der Waals surface area contributed by atoms with Crippen LogP contribution >= 0.6 is 0 Å². The second-order valence-corrected chi connectivity index (χ2v) is 4.30. The molecule has 2 rings (SSSR count). The minimum atomic E-state index is -0.108. The minimum absolute atomic E-state index is 0.0843. The largest absolute Gasteiger partial charge is 0.496 e. The third kappa shape index (κ3) is 3.13. The lowest BCUT2D eigenvalue weighted by molar-refractivity contribution is 0.0939. The van der Waals surface area contributed by atoms with Crippen molar-refractivity contribution in [3.8, 4) is 5.75 Å². The molecular formula is C16H17NO2. The molecule has 1 amide bonds. The summed E-state index contributed by atoms with van der Waals surface area (Å²) in [5, 5.41) is 2.97. The van der Waals surface area contributed by atoms with Crippen LogP contribution in [0.1, 0.15) is 28.9 Å². The predicted molar refractivity (Wildman–Crippen MR) is 75.3 cm³/mol.